The summed E-state index contributed by atoms with van der Waals surface area (Å²) in [6.45, 7) is 2.93. The summed E-state index contributed by atoms with van der Waals surface area (Å²) < 4.78 is 43.9. The predicted molar refractivity (Wildman–Crippen MR) is 74.8 cm³/mol. The minimum atomic E-state index is -4.38. The quantitative estimate of drug-likeness (QED) is 0.913. The maximum atomic E-state index is 12.9. The molecule has 0 saturated carbocycles. The first-order chi connectivity index (χ1) is 9.95. The van der Waals surface area contributed by atoms with Crippen LogP contribution in [0.4, 0.5) is 18.9 Å². The Kier molecular flexibility index (Phi) is 4.57. The number of furan rings is 1. The monoisotopic (exact) mass is 298 g/mol. The van der Waals surface area contributed by atoms with Gasteiger partial charge in [0.15, 0.2) is 0 Å². The van der Waals surface area contributed by atoms with E-state index in [1.165, 1.54) is 12.1 Å². The highest BCUT2D eigenvalue weighted by Gasteiger charge is 2.33. The Morgan fingerprint density at radius 2 is 2.00 bits per heavy atom. The first-order valence-corrected chi connectivity index (χ1v) is 6.63. The van der Waals surface area contributed by atoms with E-state index in [1.54, 1.807) is 12.3 Å². The van der Waals surface area contributed by atoms with Crippen molar-refractivity contribution < 1.29 is 17.6 Å². The van der Waals surface area contributed by atoms with Gasteiger partial charge < -0.3 is 15.1 Å². The van der Waals surface area contributed by atoms with Crippen molar-refractivity contribution in [3.63, 3.8) is 0 Å². The van der Waals surface area contributed by atoms with Crippen molar-refractivity contribution in [3.05, 3.63) is 53.5 Å². The van der Waals surface area contributed by atoms with E-state index in [1.807, 2.05) is 17.9 Å². The molecule has 0 saturated heterocycles. The van der Waals surface area contributed by atoms with E-state index in [-0.39, 0.29) is 12.1 Å². The van der Waals surface area contributed by atoms with Crippen LogP contribution in [0, 0.1) is 0 Å². The Hall–Kier alpha value is -1.95. The van der Waals surface area contributed by atoms with E-state index < -0.39 is 11.7 Å². The highest BCUT2D eigenvalue weighted by molar-refractivity contribution is 5.51. The van der Waals surface area contributed by atoms with Crippen molar-refractivity contribution in [3.8, 4) is 0 Å². The molecule has 2 aromatic rings. The predicted octanol–water partition coefficient (Wildman–Crippen LogP) is 3.78. The van der Waals surface area contributed by atoms with Gasteiger partial charge in [-0.2, -0.15) is 13.2 Å². The van der Waals surface area contributed by atoms with Crippen molar-refractivity contribution in [1.29, 1.82) is 0 Å². The van der Waals surface area contributed by atoms with Crippen molar-refractivity contribution in [2.24, 2.45) is 5.73 Å². The number of anilines is 1. The van der Waals surface area contributed by atoms with E-state index in [0.29, 0.717) is 18.8 Å². The summed E-state index contributed by atoms with van der Waals surface area (Å²) in [7, 11) is 0. The molecule has 1 heterocycles. The van der Waals surface area contributed by atoms with Crippen LogP contribution in [0.1, 0.15) is 23.8 Å². The molecule has 0 aliphatic carbocycles. The van der Waals surface area contributed by atoms with Crippen LogP contribution in [0.3, 0.4) is 0 Å². The second kappa shape index (κ2) is 6.22. The van der Waals surface area contributed by atoms with Gasteiger partial charge in [0.25, 0.3) is 0 Å². The van der Waals surface area contributed by atoms with Gasteiger partial charge >= 0.3 is 6.18 Å². The third-order valence-electron chi connectivity index (χ3n) is 3.29. The smallest absolute Gasteiger partial charge is 0.416 e. The van der Waals surface area contributed by atoms with Gasteiger partial charge in [0, 0.05) is 18.8 Å². The number of alkyl halides is 3. The zero-order valence-corrected chi connectivity index (χ0v) is 11.7. The molecule has 0 spiro atoms. The summed E-state index contributed by atoms with van der Waals surface area (Å²) >= 11 is 0. The Balaban J connectivity index is 2.30. The van der Waals surface area contributed by atoms with Gasteiger partial charge in [-0.15, -0.1) is 0 Å². The second-order valence-corrected chi connectivity index (χ2v) is 4.64. The molecule has 0 amide bonds. The maximum Gasteiger partial charge on any atom is 0.416 e. The van der Waals surface area contributed by atoms with Crippen molar-refractivity contribution in [1.82, 2.24) is 0 Å². The van der Waals surface area contributed by atoms with Gasteiger partial charge in [0.2, 0.25) is 0 Å². The van der Waals surface area contributed by atoms with Crippen LogP contribution in [0.15, 0.2) is 41.0 Å². The van der Waals surface area contributed by atoms with Crippen LogP contribution in [-0.4, -0.2) is 6.54 Å². The summed E-state index contributed by atoms with van der Waals surface area (Å²) in [5.74, 6) is 0.756. The molecule has 21 heavy (non-hydrogen) atoms. The average Bonchev–Trinajstić information content (AvgIpc) is 2.96. The lowest BCUT2D eigenvalue weighted by atomic mass is 10.1. The molecule has 0 radical (unpaired) electrons. The molecule has 1 aromatic carbocycles. The molecule has 114 valence electrons. The van der Waals surface area contributed by atoms with E-state index in [2.05, 4.69) is 0 Å². The summed E-state index contributed by atoms with van der Waals surface area (Å²) in [6.07, 6.45) is -2.81. The molecule has 0 aliphatic heterocycles. The lowest BCUT2D eigenvalue weighted by molar-refractivity contribution is -0.138. The number of halogens is 3. The fourth-order valence-electron chi connectivity index (χ4n) is 2.20. The lowest BCUT2D eigenvalue weighted by Crippen LogP contribution is -2.22. The molecular formula is C15H17F3N2O. The lowest BCUT2D eigenvalue weighted by Gasteiger charge is -2.23. The number of benzene rings is 1. The molecule has 6 heteroatoms. The topological polar surface area (TPSA) is 42.4 Å². The highest BCUT2D eigenvalue weighted by atomic mass is 19.4. The molecule has 2 rings (SSSR count). The van der Waals surface area contributed by atoms with E-state index in [9.17, 15) is 13.2 Å². The zero-order valence-electron chi connectivity index (χ0n) is 11.7. The fraction of sp³-hybridized carbons (Fsp3) is 0.333. The van der Waals surface area contributed by atoms with Gasteiger partial charge in [0.05, 0.1) is 18.4 Å². The van der Waals surface area contributed by atoms with Gasteiger partial charge in [-0.1, -0.05) is 0 Å². The molecule has 3 nitrogen and oxygen atoms in total. The number of nitrogens with zero attached hydrogens (tertiary/aromatic N) is 1. The third-order valence-corrected chi connectivity index (χ3v) is 3.29. The van der Waals surface area contributed by atoms with E-state index in [4.69, 9.17) is 10.2 Å². The van der Waals surface area contributed by atoms with E-state index in [0.717, 1.165) is 11.8 Å². The van der Waals surface area contributed by atoms with Crippen molar-refractivity contribution in [2.75, 3.05) is 11.4 Å². The first kappa shape index (κ1) is 15.4. The minimum Gasteiger partial charge on any atom is -0.467 e. The molecule has 0 atom stereocenters. The second-order valence-electron chi connectivity index (χ2n) is 4.64. The molecule has 0 aliphatic rings. The van der Waals surface area contributed by atoms with Crippen LogP contribution in [0.2, 0.25) is 0 Å². The van der Waals surface area contributed by atoms with Crippen LogP contribution >= 0.6 is 0 Å². The summed E-state index contributed by atoms with van der Waals surface area (Å²) in [5.41, 5.74) is 5.57. The largest absolute Gasteiger partial charge is 0.467 e. The summed E-state index contributed by atoms with van der Waals surface area (Å²) in [5, 5.41) is 0. The molecule has 2 N–H and O–H groups in total. The Morgan fingerprint density at radius 3 is 2.52 bits per heavy atom. The fourth-order valence-corrected chi connectivity index (χ4v) is 2.20. The van der Waals surface area contributed by atoms with Gasteiger partial charge in [-0.05, 0) is 42.8 Å². The number of rotatable bonds is 5. The Morgan fingerprint density at radius 1 is 1.24 bits per heavy atom. The molecule has 0 bridgehead atoms. The molecular weight excluding hydrogens is 281 g/mol. The summed E-state index contributed by atoms with van der Waals surface area (Å²) in [6, 6.07) is 7.66. The SMILES string of the molecule is CCN(Cc1ccco1)c1ccc(C(F)(F)F)c(CN)c1. The van der Waals surface area contributed by atoms with Gasteiger partial charge in [0.1, 0.15) is 5.76 Å². The van der Waals surface area contributed by atoms with Crippen molar-refractivity contribution in [2.45, 2.75) is 26.2 Å². The van der Waals surface area contributed by atoms with Crippen LogP contribution in [0.25, 0.3) is 0 Å². The number of hydrogen-bond acceptors (Lipinski definition) is 3. The van der Waals surface area contributed by atoms with Crippen LogP contribution in [-0.2, 0) is 19.3 Å². The van der Waals surface area contributed by atoms with Gasteiger partial charge in [-0.3, -0.25) is 0 Å². The average molecular weight is 298 g/mol. The standard InChI is InChI=1S/C15H17F3N2O/c1-2-20(10-13-4-3-7-21-13)12-5-6-14(15(16,17)18)11(8-12)9-19/h3-8H,2,9-10,19H2,1H3. The van der Waals surface area contributed by atoms with Crippen LogP contribution in [0.5, 0.6) is 0 Å². The highest BCUT2D eigenvalue weighted by Crippen LogP contribution is 2.34. The first-order valence-electron chi connectivity index (χ1n) is 6.63. The maximum absolute atomic E-state index is 12.9. The number of nitrogens with two attached hydrogens (primary N) is 1. The normalized spacial score (nSPS) is 11.7. The Labute approximate surface area is 121 Å². The molecule has 1 aromatic heterocycles. The zero-order chi connectivity index (χ0) is 15.5. The van der Waals surface area contributed by atoms with Crippen LogP contribution < -0.4 is 10.6 Å². The van der Waals surface area contributed by atoms with Gasteiger partial charge in [-0.25, -0.2) is 0 Å². The third kappa shape index (κ3) is 3.58. The molecule has 0 unspecified atom stereocenters. The minimum absolute atomic E-state index is 0.0953. The Bertz CT molecular complexity index is 579. The molecule has 0 fully saturated rings. The van der Waals surface area contributed by atoms with E-state index >= 15 is 0 Å². The summed E-state index contributed by atoms with van der Waals surface area (Å²) in [4.78, 5) is 1.93. The number of hydrogen-bond donors (Lipinski definition) is 1. The van der Waals surface area contributed by atoms with Crippen molar-refractivity contribution >= 4 is 5.69 Å².